The molecule has 6 heterocycles. The number of benzene rings is 7. The van der Waals surface area contributed by atoms with Crippen molar-refractivity contribution in [1.82, 2.24) is 15.0 Å². The van der Waals surface area contributed by atoms with Crippen molar-refractivity contribution in [2.24, 2.45) is 15.0 Å². The first-order chi connectivity index (χ1) is 43.9. The van der Waals surface area contributed by atoms with Gasteiger partial charge in [0.25, 0.3) is 0 Å². The number of hydrogen-bond acceptors (Lipinski definition) is 12. The fourth-order valence-corrected chi connectivity index (χ4v) is 13.5. The maximum Gasteiger partial charge on any atom is 1.20 e. The van der Waals surface area contributed by atoms with Crippen LogP contribution in [0, 0.1) is 0 Å². The van der Waals surface area contributed by atoms with Crippen LogP contribution in [0.25, 0.3) is 32.7 Å². The molecule has 7 unspecified atom stereocenters. The number of anilines is 3. The lowest BCUT2D eigenvalue weighted by atomic mass is 9.97. The van der Waals surface area contributed by atoms with E-state index in [4.69, 9.17) is 35.2 Å². The summed E-state index contributed by atoms with van der Waals surface area (Å²) in [7, 11) is 4.83. The molecule has 6 aliphatic rings. The number of hydrogen-bond donors (Lipinski definition) is 0. The number of fused-ring (bicyclic) bond motifs is 6. The highest BCUT2D eigenvalue weighted by Gasteiger charge is 2.46. The van der Waals surface area contributed by atoms with Gasteiger partial charge in [-0.1, -0.05) is 186 Å². The van der Waals surface area contributed by atoms with Crippen LogP contribution in [0.3, 0.4) is 0 Å². The van der Waals surface area contributed by atoms with E-state index in [0.29, 0.717) is 17.2 Å². The molecule has 12 nitrogen and oxygen atoms in total. The lowest BCUT2D eigenvalue weighted by Crippen LogP contribution is -2.37. The molecule has 2 radical (unpaired) electrons. The molecule has 3 aliphatic heterocycles. The third kappa shape index (κ3) is 11.6. The van der Waals surface area contributed by atoms with Crippen molar-refractivity contribution in [2.75, 3.05) is 14.7 Å². The van der Waals surface area contributed by atoms with Gasteiger partial charge in [0.1, 0.15) is 59.9 Å². The van der Waals surface area contributed by atoms with E-state index >= 15 is 0 Å². The Bertz CT molecular complexity index is 4060. The molecule has 10 aromatic rings. The molecule has 7 aromatic carbocycles. The molecule has 0 saturated heterocycles. The van der Waals surface area contributed by atoms with E-state index in [-0.39, 0.29) is 36.6 Å². The summed E-state index contributed by atoms with van der Waals surface area (Å²) < 4.78 is 25.6. The summed E-state index contributed by atoms with van der Waals surface area (Å²) in [5.41, 5.74) is 12.2. The highest BCUT2D eigenvalue weighted by molar-refractivity contribution is 14.2. The average Bonchev–Trinajstić information content (AvgIpc) is 2.34. The number of allylic oxidation sites excluding steroid dienone is 6. The first-order valence-electron chi connectivity index (χ1n) is 29.5. The molecule has 0 N–H and O–H groups in total. The largest absolute Gasteiger partial charge is 1.20 e. The van der Waals surface area contributed by atoms with Crippen molar-refractivity contribution >= 4 is 118 Å². The first-order valence-corrected chi connectivity index (χ1v) is 34.2. The number of halogens is 1. The molecule has 0 spiro atoms. The molecule has 0 bridgehead atoms. The van der Waals surface area contributed by atoms with E-state index in [0.717, 1.165) is 83.6 Å². The fraction of sp³-hybridized carbons (Fsp3) is 0.0833. The van der Waals surface area contributed by atoms with Gasteiger partial charge in [-0.25, -0.2) is 0 Å². The summed E-state index contributed by atoms with van der Waals surface area (Å²) in [6.07, 6.45) is 30.4. The Morgan fingerprint density at radius 2 is 0.693 bits per heavy atom. The summed E-state index contributed by atoms with van der Waals surface area (Å²) in [4.78, 5) is 37.2. The summed E-state index contributed by atoms with van der Waals surface area (Å²) in [6.45, 7) is 0. The monoisotopic (exact) mass is 1290 g/mol. The normalized spacial score (nSPS) is 20.4. The molecule has 7 atom stereocenters. The molecule has 0 saturated carbocycles. The van der Waals surface area contributed by atoms with Crippen molar-refractivity contribution in [3.05, 3.63) is 308 Å². The fourth-order valence-electron chi connectivity index (χ4n) is 12.2. The standard InChI is InChI=1S/C45H36N6.3C9H7NO.Al.BHIP/c1-4-16-34(17-5-1)49-40-25-13-10-22-37(40)46-43(49)31-28-32(44-47-38-23-11-14-26-41(38)50(44)35-18-6-2-7-19-35)30-33(29-31)45-48-39-24-12-15-27-42(39)51(45)36-20-8-3-9-21-36;3*11-8-5-1-3-7-4-2-6-10-9(7)8;;1-3-2/h1-30,40-45H;3*1-6,11H;;3H/q;;;;+3;/p-3/i;;;;;3T. The van der Waals surface area contributed by atoms with Gasteiger partial charge in [-0.3, -0.25) is 29.9 Å². The molecule has 88 heavy (non-hydrogen) atoms. The number of nitrogens with zero attached hydrogens (tertiary/aromatic N) is 9. The zero-order valence-electron chi connectivity index (χ0n) is 48.4. The van der Waals surface area contributed by atoms with Gasteiger partial charge in [0.2, 0.25) is 0 Å². The minimum Gasteiger partial charge on any atom is -0.576 e. The number of aromatic nitrogens is 3. The van der Waals surface area contributed by atoms with Gasteiger partial charge in [0.05, 0.1) is 36.5 Å². The molecular weight excluding hydrogens is 1230 g/mol. The van der Waals surface area contributed by atoms with Crippen molar-refractivity contribution in [1.29, 1.82) is 1.28 Å². The topological polar surface area (TPSA) is 113 Å². The first kappa shape index (κ1) is 55.4. The Kier molecular flexibility index (Phi) is 16.4. The summed E-state index contributed by atoms with van der Waals surface area (Å²) >= 11 is -1.00. The van der Waals surface area contributed by atoms with E-state index in [9.17, 15) is 0 Å². The number of rotatable bonds is 12. The lowest BCUT2D eigenvalue weighted by Gasteiger charge is -2.35. The Labute approximate surface area is 533 Å². The number of pyridine rings is 3. The van der Waals surface area contributed by atoms with Crippen LogP contribution in [0.1, 0.15) is 35.2 Å². The third-order valence-electron chi connectivity index (χ3n) is 15.9. The van der Waals surface area contributed by atoms with E-state index in [2.05, 4.69) is 212 Å². The molecule has 424 valence electrons. The third-order valence-corrected chi connectivity index (χ3v) is 17.3. The molecule has 16 heteroatoms. The minimum absolute atomic E-state index is 0.0471. The van der Waals surface area contributed by atoms with Crippen molar-refractivity contribution in [3.63, 3.8) is 0 Å². The zero-order valence-corrected chi connectivity index (χ0v) is 51.6. The quantitative estimate of drug-likeness (QED) is 0.0670. The Morgan fingerprint density at radius 1 is 0.398 bits per heavy atom. The maximum atomic E-state index is 6.41. The summed E-state index contributed by atoms with van der Waals surface area (Å²) in [5.74, 6) is 1.82. The summed E-state index contributed by atoms with van der Waals surface area (Å²) in [6, 6.07) is 67.4. The van der Waals surface area contributed by atoms with E-state index in [1.165, 1.54) is 0 Å². The van der Waals surface area contributed by atoms with Gasteiger partial charge in [0.15, 0.2) is 0 Å². The van der Waals surface area contributed by atoms with Crippen LogP contribution in [0.15, 0.2) is 307 Å². The van der Waals surface area contributed by atoms with Crippen molar-refractivity contribution in [3.8, 4) is 17.2 Å². The predicted molar refractivity (Wildman–Crippen MR) is 371 cm³/mol. The molecule has 0 fully saturated rings. The van der Waals surface area contributed by atoms with Gasteiger partial charge in [-0.2, -0.15) is 0 Å². The van der Waals surface area contributed by atoms with Crippen molar-refractivity contribution in [2.45, 2.75) is 36.6 Å². The van der Waals surface area contributed by atoms with Crippen LogP contribution < -0.4 is 26.1 Å². The highest BCUT2D eigenvalue weighted by atomic mass is 127. The van der Waals surface area contributed by atoms with Crippen LogP contribution in [0.5, 0.6) is 17.2 Å². The number of para-hydroxylation sites is 6. The molecule has 3 aromatic heterocycles. The Hall–Kier alpha value is -9.22. The van der Waals surface area contributed by atoms with Gasteiger partial charge in [-0.05, 0) is 126 Å². The maximum absolute atomic E-state index is 6.41. The average molecular weight is 1290 g/mol. The summed E-state index contributed by atoms with van der Waals surface area (Å²) in [5, 5.41) is 2.93. The van der Waals surface area contributed by atoms with Crippen LogP contribution in [0.4, 0.5) is 17.1 Å². The van der Waals surface area contributed by atoms with E-state index in [1.807, 2.05) is 113 Å². The van der Waals surface area contributed by atoms with Crippen molar-refractivity contribution < 1.29 is 11.4 Å². The highest BCUT2D eigenvalue weighted by Crippen LogP contribution is 2.45. The van der Waals surface area contributed by atoms with Gasteiger partial charge in [0, 0.05) is 51.8 Å². The SMILES string of the molecule is C1=CC2=NC(c3cc(C4N=C5C=CC=CC5N4c4ccccc4)cc(C4N=C5C=CC=CC5N4c4ccccc4)c3)N(c3ccccc3)C2C=C1.[3H]P([B])I.c1cnc2c([O][Al]([O]c3cccc4cccnc34)[O]c3cccc4cccnc34)cccc2c1. The minimum atomic E-state index is -2.86. The second kappa shape index (κ2) is 26.0. The zero-order chi connectivity index (χ0) is 60.0. The van der Waals surface area contributed by atoms with Crippen LogP contribution in [-0.4, -0.2) is 74.2 Å². The molecule has 0 amide bonds. The van der Waals surface area contributed by atoms with Crippen LogP contribution >= 0.6 is 28.1 Å². The van der Waals surface area contributed by atoms with Gasteiger partial charge in [-0.15, -0.1) is 6.05 Å². The van der Waals surface area contributed by atoms with E-state index < -0.39 is 21.2 Å². The Morgan fingerprint density at radius 3 is 1.00 bits per heavy atom. The van der Waals surface area contributed by atoms with Gasteiger partial charge < -0.3 is 26.1 Å². The van der Waals surface area contributed by atoms with Crippen LogP contribution in [-0.2, 0) is 0 Å². The predicted octanol–water partition coefficient (Wildman–Crippen LogP) is 16.0. The van der Waals surface area contributed by atoms with Crippen LogP contribution in [0.2, 0.25) is 0 Å². The number of aliphatic imine (C=N–C) groups is 3. The lowest BCUT2D eigenvalue weighted by molar-refractivity contribution is 0.311. The smallest absolute Gasteiger partial charge is 0.576 e. The van der Waals surface area contributed by atoms with E-state index in [1.54, 1.807) is 18.6 Å². The molecule has 3 aliphatic carbocycles. The second-order valence-electron chi connectivity index (χ2n) is 21.2. The Balaban J connectivity index is 0.000000158. The molecular formula is C72H55AlBIN9O3P. The molecule has 16 rings (SSSR count). The van der Waals surface area contributed by atoms with Gasteiger partial charge >= 0.3 is 15.1 Å². The second-order valence-corrected chi connectivity index (χ2v) is 24.4.